The molecule has 6 rings (SSSR count). The highest BCUT2D eigenvalue weighted by atomic mass is 35.5. The van der Waals surface area contributed by atoms with E-state index in [4.69, 9.17) is 44.8 Å². The number of aromatic nitrogens is 1. The number of ether oxygens (including phenoxy) is 7. The number of esters is 1. The number of halogens is 1. The standard InChI is InChI=1S/C34H37ClN2O13/c1-17(38)37-22-13-18(7-8-21(22)35)14-45-33-27(41)25(39)30(23(47-33)15-44-31(43)19-5-3-2-4-6-19)50-34-28(42)26(40)29-24(48-34)16-46-32(49-29)20-9-11-36-12-10-20/h2-13,23-30,32-34,39-42H,14-16H2,1H3,(H,37,38)/t23-,24?,25+,26+,27-,28-,29?,30-,32+,33+,34+/m0/s1. The molecule has 268 valence electrons. The van der Waals surface area contributed by atoms with E-state index in [1.807, 2.05) is 0 Å². The lowest BCUT2D eigenvalue weighted by Gasteiger charge is -2.48. The van der Waals surface area contributed by atoms with Gasteiger partial charge in [0.15, 0.2) is 18.9 Å². The van der Waals surface area contributed by atoms with Gasteiger partial charge in [0.05, 0.1) is 29.5 Å². The average Bonchev–Trinajstić information content (AvgIpc) is 3.13. The van der Waals surface area contributed by atoms with Crippen LogP contribution in [0, 0.1) is 0 Å². The van der Waals surface area contributed by atoms with Crippen LogP contribution in [0.3, 0.4) is 0 Å². The van der Waals surface area contributed by atoms with Gasteiger partial charge in [0.25, 0.3) is 0 Å². The molecule has 0 spiro atoms. The van der Waals surface area contributed by atoms with Crippen molar-refractivity contribution < 1.29 is 63.2 Å². The van der Waals surface area contributed by atoms with Crippen LogP contribution in [0.15, 0.2) is 73.1 Å². The summed E-state index contributed by atoms with van der Waals surface area (Å²) in [6.45, 7) is 0.701. The number of hydrogen-bond donors (Lipinski definition) is 5. The first-order valence-corrected chi connectivity index (χ1v) is 16.2. The van der Waals surface area contributed by atoms with Crippen LogP contribution < -0.4 is 5.32 Å². The smallest absolute Gasteiger partial charge is 0.338 e. The number of rotatable bonds is 10. The Morgan fingerprint density at radius 1 is 0.920 bits per heavy atom. The van der Waals surface area contributed by atoms with Crippen molar-refractivity contribution in [3.05, 3.63) is 94.8 Å². The van der Waals surface area contributed by atoms with E-state index < -0.39 is 80.3 Å². The molecule has 0 aliphatic carbocycles. The number of fused-ring (bicyclic) bond motifs is 1. The van der Waals surface area contributed by atoms with Crippen molar-refractivity contribution in [2.45, 2.75) is 81.2 Å². The number of aliphatic hydroxyl groups excluding tert-OH is 4. The van der Waals surface area contributed by atoms with Crippen LogP contribution in [-0.2, 0) is 44.6 Å². The summed E-state index contributed by atoms with van der Waals surface area (Å²) in [6.07, 6.45) is -11.8. The normalized spacial score (nSPS) is 32.5. The van der Waals surface area contributed by atoms with E-state index >= 15 is 0 Å². The molecule has 16 heteroatoms. The van der Waals surface area contributed by atoms with E-state index in [0.717, 1.165) is 0 Å². The summed E-state index contributed by atoms with van der Waals surface area (Å²) in [7, 11) is 0. The molecule has 15 nitrogen and oxygen atoms in total. The fraction of sp³-hybridized carbons (Fsp3) is 0.441. The molecule has 3 aliphatic heterocycles. The molecule has 2 aromatic carbocycles. The van der Waals surface area contributed by atoms with Crippen LogP contribution in [-0.4, -0.2) is 112 Å². The second-order valence-electron chi connectivity index (χ2n) is 12.0. The number of benzene rings is 2. The Hall–Kier alpha value is -3.58. The van der Waals surface area contributed by atoms with Crippen molar-refractivity contribution in [3.8, 4) is 0 Å². The topological polar surface area (TPSA) is 205 Å². The zero-order chi connectivity index (χ0) is 35.4. The number of pyridine rings is 1. The summed E-state index contributed by atoms with van der Waals surface area (Å²) < 4.78 is 41.0. The van der Waals surface area contributed by atoms with Crippen LogP contribution in [0.4, 0.5) is 5.69 Å². The highest BCUT2D eigenvalue weighted by Crippen LogP contribution is 2.36. The highest BCUT2D eigenvalue weighted by Gasteiger charge is 2.53. The van der Waals surface area contributed by atoms with E-state index in [1.165, 1.54) is 6.92 Å². The molecule has 3 aromatic rings. The Morgan fingerprint density at radius 3 is 2.40 bits per heavy atom. The summed E-state index contributed by atoms with van der Waals surface area (Å²) in [5.74, 6) is -1.02. The molecule has 1 amide bonds. The molecule has 3 saturated heterocycles. The minimum absolute atomic E-state index is 0.0317. The molecule has 3 fully saturated rings. The van der Waals surface area contributed by atoms with Gasteiger partial charge in [-0.05, 0) is 42.0 Å². The van der Waals surface area contributed by atoms with E-state index in [9.17, 15) is 30.0 Å². The molecule has 11 atom stereocenters. The van der Waals surface area contributed by atoms with Crippen LogP contribution >= 0.6 is 11.6 Å². The Morgan fingerprint density at radius 2 is 1.66 bits per heavy atom. The average molecular weight is 717 g/mol. The Kier molecular flexibility index (Phi) is 11.7. The number of carbonyl (C=O) groups is 2. The number of hydrogen-bond acceptors (Lipinski definition) is 14. The van der Waals surface area contributed by atoms with E-state index in [-0.39, 0.29) is 24.7 Å². The van der Waals surface area contributed by atoms with Gasteiger partial charge < -0.3 is 58.9 Å². The molecule has 2 unspecified atom stereocenters. The lowest BCUT2D eigenvalue weighted by atomic mass is 9.96. The van der Waals surface area contributed by atoms with Crippen molar-refractivity contribution in [2.75, 3.05) is 18.5 Å². The van der Waals surface area contributed by atoms with Crippen LogP contribution in [0.5, 0.6) is 0 Å². The van der Waals surface area contributed by atoms with Gasteiger partial charge in [0.1, 0.15) is 55.4 Å². The van der Waals surface area contributed by atoms with Gasteiger partial charge in [-0.25, -0.2) is 4.79 Å². The molecule has 0 saturated carbocycles. The molecule has 50 heavy (non-hydrogen) atoms. The first kappa shape index (κ1) is 36.2. The fourth-order valence-electron chi connectivity index (χ4n) is 5.82. The second kappa shape index (κ2) is 16.2. The zero-order valence-electron chi connectivity index (χ0n) is 26.7. The van der Waals surface area contributed by atoms with Gasteiger partial charge in [0.2, 0.25) is 5.91 Å². The zero-order valence-corrected chi connectivity index (χ0v) is 27.4. The first-order chi connectivity index (χ1) is 24.1. The number of nitrogens with one attached hydrogen (secondary N) is 1. The lowest BCUT2D eigenvalue weighted by Crippen LogP contribution is -2.66. The summed E-state index contributed by atoms with van der Waals surface area (Å²) in [4.78, 5) is 28.3. The summed E-state index contributed by atoms with van der Waals surface area (Å²) in [6, 6.07) is 16.3. The maximum Gasteiger partial charge on any atom is 0.338 e. The van der Waals surface area contributed by atoms with Crippen LogP contribution in [0.25, 0.3) is 0 Å². The first-order valence-electron chi connectivity index (χ1n) is 15.8. The van der Waals surface area contributed by atoms with Crippen molar-refractivity contribution in [2.24, 2.45) is 0 Å². The highest BCUT2D eigenvalue weighted by molar-refractivity contribution is 6.33. The third-order valence-corrected chi connectivity index (χ3v) is 8.72. The minimum Gasteiger partial charge on any atom is -0.459 e. The number of aliphatic hydroxyl groups is 4. The van der Waals surface area contributed by atoms with E-state index in [0.29, 0.717) is 21.8 Å². The van der Waals surface area contributed by atoms with Gasteiger partial charge in [-0.2, -0.15) is 0 Å². The molecule has 4 heterocycles. The van der Waals surface area contributed by atoms with Crippen molar-refractivity contribution in [3.63, 3.8) is 0 Å². The molecule has 0 bridgehead atoms. The molecule has 5 N–H and O–H groups in total. The Labute approximate surface area is 291 Å². The summed E-state index contributed by atoms with van der Waals surface area (Å²) in [5, 5.41) is 47.4. The Bertz CT molecular complexity index is 1600. The van der Waals surface area contributed by atoms with E-state index in [1.54, 1.807) is 73.1 Å². The molecular weight excluding hydrogens is 680 g/mol. The van der Waals surface area contributed by atoms with Crippen molar-refractivity contribution in [1.29, 1.82) is 0 Å². The lowest BCUT2D eigenvalue weighted by molar-refractivity contribution is -0.386. The van der Waals surface area contributed by atoms with Crippen LogP contribution in [0.2, 0.25) is 5.02 Å². The minimum atomic E-state index is -1.71. The Balaban J connectivity index is 1.16. The second-order valence-corrected chi connectivity index (χ2v) is 12.4. The monoisotopic (exact) mass is 716 g/mol. The van der Waals surface area contributed by atoms with Gasteiger partial charge in [-0.15, -0.1) is 0 Å². The van der Waals surface area contributed by atoms with Gasteiger partial charge in [-0.1, -0.05) is 35.9 Å². The van der Waals surface area contributed by atoms with E-state index in [2.05, 4.69) is 10.3 Å². The molecule has 0 radical (unpaired) electrons. The fourth-order valence-corrected chi connectivity index (χ4v) is 5.99. The predicted octanol–water partition coefficient (Wildman–Crippen LogP) is 1.46. The molecule has 3 aliphatic rings. The number of anilines is 1. The van der Waals surface area contributed by atoms with Crippen molar-refractivity contribution >= 4 is 29.2 Å². The molecule has 1 aromatic heterocycles. The van der Waals surface area contributed by atoms with Crippen molar-refractivity contribution in [1.82, 2.24) is 4.98 Å². The maximum atomic E-state index is 12.8. The maximum absolute atomic E-state index is 12.8. The SMILES string of the molecule is CC(=O)Nc1cc(CO[C@@H]2O[C@@H](COC(=O)c3ccccc3)[C@H](O[C@H]3OC4CO[C@@H](c5ccncc5)OC4[C@H](O)[C@@H]3O)[C@H](O)[C@@H]2O)ccc1Cl. The largest absolute Gasteiger partial charge is 0.459 e. The van der Waals surface area contributed by atoms with Gasteiger partial charge >= 0.3 is 5.97 Å². The third-order valence-electron chi connectivity index (χ3n) is 8.39. The quantitative estimate of drug-likeness (QED) is 0.189. The molecular formula is C34H37ClN2O13. The summed E-state index contributed by atoms with van der Waals surface area (Å²) >= 11 is 6.17. The number of amides is 1. The van der Waals surface area contributed by atoms with Gasteiger partial charge in [0, 0.05) is 24.9 Å². The van der Waals surface area contributed by atoms with Gasteiger partial charge in [-0.3, -0.25) is 9.78 Å². The summed E-state index contributed by atoms with van der Waals surface area (Å²) in [5.41, 5.74) is 1.82. The number of nitrogens with zero attached hydrogens (tertiary/aromatic N) is 1. The third kappa shape index (κ3) is 8.30. The van der Waals surface area contributed by atoms with Crippen LogP contribution in [0.1, 0.15) is 34.7 Å². The predicted molar refractivity (Wildman–Crippen MR) is 171 cm³/mol. The number of carbonyl (C=O) groups excluding carboxylic acids is 2.